The summed E-state index contributed by atoms with van der Waals surface area (Å²) in [6, 6.07) is 15.8. The van der Waals surface area contributed by atoms with Gasteiger partial charge in [0.15, 0.2) is 0 Å². The van der Waals surface area contributed by atoms with Gasteiger partial charge in [0.25, 0.3) is 5.56 Å². The first-order valence-corrected chi connectivity index (χ1v) is 13.4. The van der Waals surface area contributed by atoms with Crippen LogP contribution in [0, 0.1) is 0 Å². The van der Waals surface area contributed by atoms with Crippen molar-refractivity contribution in [3.8, 4) is 22.6 Å². The Labute approximate surface area is 214 Å². The number of methoxy groups -OCH3 is 2. The second-order valence-corrected chi connectivity index (χ2v) is 11.2. The van der Waals surface area contributed by atoms with E-state index in [4.69, 9.17) is 9.47 Å². The molecule has 0 spiro atoms. The Kier molecular flexibility index (Phi) is 6.98. The predicted octanol–water partition coefficient (Wildman–Crippen LogP) is 3.65. The molecule has 0 aliphatic rings. The molecule has 1 aromatic heterocycles. The zero-order chi connectivity index (χ0) is 27.0. The standard InChI is InChI=1S/C27H29N3O6S/c1-27(2,16-35-3)23-15-21(30-24(31)10-11-28-26(30)32)14-22(25(23)36-4)19-7-6-18-13-20(29-37(5,33)34)9-8-17(18)12-19/h6-15,29H,16H2,1-5H3,(H,28,32). The summed E-state index contributed by atoms with van der Waals surface area (Å²) < 4.78 is 38.2. The fourth-order valence-electron chi connectivity index (χ4n) is 4.48. The molecular formula is C27H29N3O6S. The molecule has 0 aliphatic heterocycles. The molecule has 0 aliphatic carbocycles. The van der Waals surface area contributed by atoms with Gasteiger partial charge >= 0.3 is 5.69 Å². The molecule has 2 N–H and O–H groups in total. The quantitative estimate of drug-likeness (QED) is 0.364. The maximum Gasteiger partial charge on any atom is 0.332 e. The highest BCUT2D eigenvalue weighted by molar-refractivity contribution is 7.92. The molecule has 0 saturated carbocycles. The van der Waals surface area contributed by atoms with E-state index < -0.39 is 26.7 Å². The summed E-state index contributed by atoms with van der Waals surface area (Å²) in [6.07, 6.45) is 2.42. The van der Waals surface area contributed by atoms with Gasteiger partial charge in [0, 0.05) is 41.6 Å². The molecule has 194 valence electrons. The minimum absolute atomic E-state index is 0.375. The van der Waals surface area contributed by atoms with E-state index in [1.165, 1.54) is 12.3 Å². The van der Waals surface area contributed by atoms with Crippen LogP contribution in [0.15, 0.2) is 70.4 Å². The molecule has 4 rings (SSSR count). The van der Waals surface area contributed by atoms with Crippen molar-refractivity contribution in [3.05, 3.63) is 87.2 Å². The van der Waals surface area contributed by atoms with Crippen LogP contribution in [0.2, 0.25) is 0 Å². The third-order valence-corrected chi connectivity index (χ3v) is 6.69. The van der Waals surface area contributed by atoms with E-state index in [1.54, 1.807) is 38.5 Å². The van der Waals surface area contributed by atoms with Gasteiger partial charge in [-0.15, -0.1) is 0 Å². The number of H-pyrrole nitrogens is 1. The second kappa shape index (κ2) is 9.87. The highest BCUT2D eigenvalue weighted by Gasteiger charge is 2.28. The fourth-order valence-corrected chi connectivity index (χ4v) is 5.03. The van der Waals surface area contributed by atoms with Crippen molar-refractivity contribution in [1.29, 1.82) is 0 Å². The number of aromatic nitrogens is 2. The van der Waals surface area contributed by atoms with Gasteiger partial charge in [-0.3, -0.25) is 9.52 Å². The van der Waals surface area contributed by atoms with E-state index in [9.17, 15) is 18.0 Å². The number of nitrogens with zero attached hydrogens (tertiary/aromatic N) is 1. The van der Waals surface area contributed by atoms with E-state index in [-0.39, 0.29) is 0 Å². The molecular weight excluding hydrogens is 494 g/mol. The van der Waals surface area contributed by atoms with Crippen LogP contribution in [0.5, 0.6) is 5.75 Å². The van der Waals surface area contributed by atoms with E-state index in [0.717, 1.165) is 32.7 Å². The van der Waals surface area contributed by atoms with Crippen LogP contribution in [0.25, 0.3) is 27.6 Å². The van der Waals surface area contributed by atoms with Gasteiger partial charge in [0.05, 0.1) is 25.7 Å². The van der Waals surface area contributed by atoms with Crippen LogP contribution in [-0.2, 0) is 20.2 Å². The van der Waals surface area contributed by atoms with Crippen LogP contribution in [0.4, 0.5) is 5.69 Å². The lowest BCUT2D eigenvalue weighted by Crippen LogP contribution is -2.33. The molecule has 0 atom stereocenters. The largest absolute Gasteiger partial charge is 0.496 e. The van der Waals surface area contributed by atoms with Crippen molar-refractivity contribution in [3.63, 3.8) is 0 Å². The van der Waals surface area contributed by atoms with Crippen molar-refractivity contribution < 1.29 is 17.9 Å². The lowest BCUT2D eigenvalue weighted by molar-refractivity contribution is 0.145. The normalized spacial score (nSPS) is 12.0. The molecule has 9 nitrogen and oxygen atoms in total. The number of hydrogen-bond donors (Lipinski definition) is 2. The van der Waals surface area contributed by atoms with Crippen LogP contribution < -0.4 is 20.7 Å². The van der Waals surface area contributed by atoms with Gasteiger partial charge in [0.2, 0.25) is 10.0 Å². The number of aromatic amines is 1. The average Bonchev–Trinajstić information content (AvgIpc) is 2.82. The summed E-state index contributed by atoms with van der Waals surface area (Å²) in [6.45, 7) is 4.37. The number of nitrogens with one attached hydrogen (secondary N) is 2. The Morgan fingerprint density at radius 1 is 0.973 bits per heavy atom. The topological polar surface area (TPSA) is 119 Å². The summed E-state index contributed by atoms with van der Waals surface area (Å²) in [4.78, 5) is 27.9. The minimum atomic E-state index is -3.40. The summed E-state index contributed by atoms with van der Waals surface area (Å²) in [5.74, 6) is 0.598. The zero-order valence-corrected chi connectivity index (χ0v) is 22.1. The zero-order valence-electron chi connectivity index (χ0n) is 21.3. The van der Waals surface area contributed by atoms with E-state index in [0.29, 0.717) is 29.3 Å². The molecule has 0 fully saturated rings. The van der Waals surface area contributed by atoms with E-state index in [2.05, 4.69) is 9.71 Å². The smallest absolute Gasteiger partial charge is 0.332 e. The van der Waals surface area contributed by atoms with Crippen LogP contribution in [0.1, 0.15) is 19.4 Å². The number of anilines is 1. The number of sulfonamides is 1. The van der Waals surface area contributed by atoms with Crippen molar-refractivity contribution >= 4 is 26.5 Å². The molecule has 0 amide bonds. The monoisotopic (exact) mass is 523 g/mol. The fraction of sp³-hybridized carbons (Fsp3) is 0.259. The maximum absolute atomic E-state index is 12.7. The molecule has 3 aromatic carbocycles. The Morgan fingerprint density at radius 2 is 1.68 bits per heavy atom. The number of ether oxygens (including phenoxy) is 2. The maximum atomic E-state index is 12.7. The molecule has 0 unspecified atom stereocenters. The highest BCUT2D eigenvalue weighted by atomic mass is 32.2. The van der Waals surface area contributed by atoms with Crippen molar-refractivity contribution in [2.24, 2.45) is 0 Å². The van der Waals surface area contributed by atoms with Gasteiger partial charge in [-0.2, -0.15) is 0 Å². The second-order valence-electron chi connectivity index (χ2n) is 9.50. The summed E-state index contributed by atoms with van der Waals surface area (Å²) in [7, 11) is -0.208. The van der Waals surface area contributed by atoms with Crippen LogP contribution >= 0.6 is 0 Å². The molecule has 10 heteroatoms. The lowest BCUT2D eigenvalue weighted by Gasteiger charge is -2.28. The SMILES string of the molecule is COCC(C)(C)c1cc(-n2c(=O)cc[nH]c2=O)cc(-c2ccc3cc(NS(C)(=O)=O)ccc3c2)c1OC. The van der Waals surface area contributed by atoms with Crippen molar-refractivity contribution in [2.75, 3.05) is 31.8 Å². The van der Waals surface area contributed by atoms with Gasteiger partial charge in [-0.25, -0.2) is 17.8 Å². The lowest BCUT2D eigenvalue weighted by atomic mass is 9.82. The third kappa shape index (κ3) is 5.45. The number of fused-ring (bicyclic) bond motifs is 1. The van der Waals surface area contributed by atoms with Gasteiger partial charge in [0.1, 0.15) is 5.75 Å². The summed E-state index contributed by atoms with van der Waals surface area (Å²) in [5.41, 5.74) is 1.59. The van der Waals surface area contributed by atoms with Crippen LogP contribution in [-0.4, -0.2) is 45.1 Å². The third-order valence-electron chi connectivity index (χ3n) is 6.08. The average molecular weight is 524 g/mol. The predicted molar refractivity (Wildman–Crippen MR) is 146 cm³/mol. The first kappa shape index (κ1) is 26.2. The molecule has 0 bridgehead atoms. The molecule has 4 aromatic rings. The Hall–Kier alpha value is -3.89. The molecule has 1 heterocycles. The highest BCUT2D eigenvalue weighted by Crippen LogP contribution is 2.42. The van der Waals surface area contributed by atoms with E-state index >= 15 is 0 Å². The Bertz CT molecular complexity index is 1680. The molecule has 0 saturated heterocycles. The summed E-state index contributed by atoms with van der Waals surface area (Å²) >= 11 is 0. The minimum Gasteiger partial charge on any atom is -0.496 e. The van der Waals surface area contributed by atoms with Crippen molar-refractivity contribution in [2.45, 2.75) is 19.3 Å². The number of rotatable bonds is 8. The number of hydrogen-bond acceptors (Lipinski definition) is 6. The number of benzene rings is 3. The first-order valence-electron chi connectivity index (χ1n) is 11.5. The van der Waals surface area contributed by atoms with Crippen LogP contribution in [0.3, 0.4) is 0 Å². The Morgan fingerprint density at radius 3 is 2.32 bits per heavy atom. The van der Waals surface area contributed by atoms with Gasteiger partial charge in [-0.1, -0.05) is 32.0 Å². The molecule has 37 heavy (non-hydrogen) atoms. The van der Waals surface area contributed by atoms with Gasteiger partial charge in [-0.05, 0) is 46.7 Å². The Balaban J connectivity index is 1.98. The van der Waals surface area contributed by atoms with Crippen molar-refractivity contribution in [1.82, 2.24) is 9.55 Å². The van der Waals surface area contributed by atoms with E-state index in [1.807, 2.05) is 38.1 Å². The first-order chi connectivity index (χ1) is 17.4. The molecule has 0 radical (unpaired) electrons. The van der Waals surface area contributed by atoms with Gasteiger partial charge < -0.3 is 14.5 Å². The summed E-state index contributed by atoms with van der Waals surface area (Å²) in [5, 5.41) is 1.71.